The maximum atomic E-state index is 6.24. The Balaban J connectivity index is 2.11. The van der Waals surface area contributed by atoms with Gasteiger partial charge in [0.05, 0.1) is 0 Å². The summed E-state index contributed by atoms with van der Waals surface area (Å²) in [6, 6.07) is 6.60. The number of aryl methyl sites for hydroxylation is 1. The molecule has 112 valence electrons. The number of hydrogen-bond acceptors (Lipinski definition) is 2. The van der Waals surface area contributed by atoms with Crippen LogP contribution in [0.1, 0.15) is 64.0 Å². The molecule has 1 aliphatic rings. The van der Waals surface area contributed by atoms with E-state index in [1.807, 2.05) is 0 Å². The lowest BCUT2D eigenvalue weighted by atomic mass is 9.74. The summed E-state index contributed by atoms with van der Waals surface area (Å²) in [6.07, 6.45) is 3.43. The Morgan fingerprint density at radius 2 is 2.00 bits per heavy atom. The Labute approximate surface area is 123 Å². The van der Waals surface area contributed by atoms with E-state index < -0.39 is 0 Å². The maximum absolute atomic E-state index is 6.24. The molecule has 0 aromatic heterocycles. The molecule has 0 heterocycles. The first kappa shape index (κ1) is 15.4. The number of hydrogen-bond donors (Lipinski definition) is 1. The molecule has 0 spiro atoms. The third-order valence-electron chi connectivity index (χ3n) is 4.54. The van der Waals surface area contributed by atoms with Crippen molar-refractivity contribution in [2.75, 3.05) is 0 Å². The van der Waals surface area contributed by atoms with Gasteiger partial charge in [0.2, 0.25) is 0 Å². The second-order valence-corrected chi connectivity index (χ2v) is 7.40. The van der Waals surface area contributed by atoms with Crippen molar-refractivity contribution in [3.8, 4) is 5.75 Å². The van der Waals surface area contributed by atoms with Crippen molar-refractivity contribution < 1.29 is 4.74 Å². The molecule has 2 heteroatoms. The molecule has 2 atom stereocenters. The SMILES string of the molecule is Cc1cc(OC2CC(C)(C)CCC2N)ccc1C(C)C. The molecule has 1 fully saturated rings. The third kappa shape index (κ3) is 3.54. The van der Waals surface area contributed by atoms with E-state index in [-0.39, 0.29) is 12.1 Å². The molecule has 2 rings (SSSR count). The second kappa shape index (κ2) is 5.77. The highest BCUT2D eigenvalue weighted by Gasteiger charge is 2.34. The van der Waals surface area contributed by atoms with Crippen molar-refractivity contribution in [2.45, 2.75) is 71.9 Å². The maximum Gasteiger partial charge on any atom is 0.120 e. The van der Waals surface area contributed by atoms with E-state index >= 15 is 0 Å². The predicted octanol–water partition coefficient (Wildman–Crippen LogP) is 4.40. The molecule has 2 nitrogen and oxygen atoms in total. The molecule has 1 saturated carbocycles. The number of ether oxygens (including phenoxy) is 1. The molecular formula is C18H29NO. The number of benzene rings is 1. The molecule has 0 aliphatic heterocycles. The zero-order chi connectivity index (χ0) is 14.9. The minimum atomic E-state index is 0.142. The fraction of sp³-hybridized carbons (Fsp3) is 0.667. The highest BCUT2D eigenvalue weighted by Crippen LogP contribution is 2.36. The van der Waals surface area contributed by atoms with E-state index in [1.54, 1.807) is 0 Å². The second-order valence-electron chi connectivity index (χ2n) is 7.40. The third-order valence-corrected chi connectivity index (χ3v) is 4.54. The van der Waals surface area contributed by atoms with Gasteiger partial charge < -0.3 is 10.5 Å². The lowest BCUT2D eigenvalue weighted by molar-refractivity contribution is 0.0669. The fourth-order valence-electron chi connectivity index (χ4n) is 3.21. The molecule has 0 amide bonds. The Morgan fingerprint density at radius 1 is 1.30 bits per heavy atom. The van der Waals surface area contributed by atoms with E-state index in [9.17, 15) is 0 Å². The summed E-state index contributed by atoms with van der Waals surface area (Å²) in [5.41, 5.74) is 9.28. The Bertz CT molecular complexity index is 464. The fourth-order valence-corrected chi connectivity index (χ4v) is 3.21. The lowest BCUT2D eigenvalue weighted by Crippen LogP contribution is -2.46. The van der Waals surface area contributed by atoms with Crippen molar-refractivity contribution >= 4 is 0 Å². The van der Waals surface area contributed by atoms with Crippen LogP contribution >= 0.6 is 0 Å². The molecule has 1 aliphatic carbocycles. The van der Waals surface area contributed by atoms with Crippen LogP contribution in [0.15, 0.2) is 18.2 Å². The summed E-state index contributed by atoms with van der Waals surface area (Å²) >= 11 is 0. The van der Waals surface area contributed by atoms with E-state index in [0.717, 1.165) is 18.6 Å². The first-order valence-electron chi connectivity index (χ1n) is 7.81. The van der Waals surface area contributed by atoms with Gasteiger partial charge in [-0.25, -0.2) is 0 Å². The van der Waals surface area contributed by atoms with Gasteiger partial charge in [-0.15, -0.1) is 0 Å². The van der Waals surface area contributed by atoms with Gasteiger partial charge in [0.25, 0.3) is 0 Å². The summed E-state index contributed by atoms with van der Waals surface area (Å²) in [7, 11) is 0. The van der Waals surface area contributed by atoms with Gasteiger partial charge in [-0.3, -0.25) is 0 Å². The van der Waals surface area contributed by atoms with Crippen molar-refractivity contribution in [3.05, 3.63) is 29.3 Å². The van der Waals surface area contributed by atoms with Crippen LogP contribution in [0.5, 0.6) is 5.75 Å². The van der Waals surface area contributed by atoms with Gasteiger partial charge in [0.15, 0.2) is 0 Å². The molecule has 0 bridgehead atoms. The van der Waals surface area contributed by atoms with Gasteiger partial charge in [0.1, 0.15) is 11.9 Å². The average molecular weight is 275 g/mol. The molecule has 20 heavy (non-hydrogen) atoms. The van der Waals surface area contributed by atoms with E-state index in [1.165, 1.54) is 17.5 Å². The molecule has 1 aromatic rings. The van der Waals surface area contributed by atoms with Gasteiger partial charge >= 0.3 is 0 Å². The van der Waals surface area contributed by atoms with Crippen molar-refractivity contribution in [1.29, 1.82) is 0 Å². The van der Waals surface area contributed by atoms with Crippen LogP contribution in [0, 0.1) is 12.3 Å². The predicted molar refractivity (Wildman–Crippen MR) is 85.3 cm³/mol. The van der Waals surface area contributed by atoms with Gasteiger partial charge in [-0.2, -0.15) is 0 Å². The first-order valence-corrected chi connectivity index (χ1v) is 7.81. The summed E-state index contributed by atoms with van der Waals surface area (Å²) in [4.78, 5) is 0. The van der Waals surface area contributed by atoms with Crippen LogP contribution in [-0.4, -0.2) is 12.1 Å². The van der Waals surface area contributed by atoms with E-state index in [2.05, 4.69) is 52.8 Å². The lowest BCUT2D eigenvalue weighted by Gasteiger charge is -2.39. The summed E-state index contributed by atoms with van der Waals surface area (Å²) in [5.74, 6) is 1.52. The number of nitrogens with two attached hydrogens (primary N) is 1. The Hall–Kier alpha value is -1.02. The summed E-state index contributed by atoms with van der Waals surface area (Å²) < 4.78 is 6.19. The minimum absolute atomic E-state index is 0.142. The van der Waals surface area contributed by atoms with Gasteiger partial charge in [-0.1, -0.05) is 33.8 Å². The van der Waals surface area contributed by atoms with Crippen LogP contribution in [-0.2, 0) is 0 Å². The quantitative estimate of drug-likeness (QED) is 0.887. The zero-order valence-corrected chi connectivity index (χ0v) is 13.6. The molecule has 2 N–H and O–H groups in total. The monoisotopic (exact) mass is 275 g/mol. The topological polar surface area (TPSA) is 35.2 Å². The highest BCUT2D eigenvalue weighted by molar-refractivity contribution is 5.36. The van der Waals surface area contributed by atoms with E-state index in [0.29, 0.717) is 11.3 Å². The van der Waals surface area contributed by atoms with E-state index in [4.69, 9.17) is 10.5 Å². The van der Waals surface area contributed by atoms with Crippen LogP contribution in [0.2, 0.25) is 0 Å². The van der Waals surface area contributed by atoms with Crippen molar-refractivity contribution in [2.24, 2.45) is 11.1 Å². The Morgan fingerprint density at radius 3 is 2.60 bits per heavy atom. The average Bonchev–Trinajstić information content (AvgIpc) is 2.33. The molecule has 2 unspecified atom stereocenters. The molecule has 0 saturated heterocycles. The standard InChI is InChI=1S/C18H29NO/c1-12(2)15-7-6-14(10-13(15)3)20-17-11-18(4,5)9-8-16(17)19/h6-7,10,12,16-17H,8-9,11,19H2,1-5H3. The largest absolute Gasteiger partial charge is 0.489 e. The first-order chi connectivity index (χ1) is 9.28. The minimum Gasteiger partial charge on any atom is -0.489 e. The van der Waals surface area contributed by atoms with Crippen molar-refractivity contribution in [3.63, 3.8) is 0 Å². The summed E-state index contributed by atoms with van der Waals surface area (Å²) in [6.45, 7) is 11.2. The smallest absolute Gasteiger partial charge is 0.120 e. The van der Waals surface area contributed by atoms with Crippen LogP contribution in [0.25, 0.3) is 0 Å². The van der Waals surface area contributed by atoms with Crippen molar-refractivity contribution in [1.82, 2.24) is 0 Å². The summed E-state index contributed by atoms with van der Waals surface area (Å²) in [5, 5.41) is 0. The Kier molecular flexibility index (Phi) is 4.43. The van der Waals surface area contributed by atoms with Gasteiger partial charge in [0, 0.05) is 6.04 Å². The van der Waals surface area contributed by atoms with Crippen LogP contribution < -0.4 is 10.5 Å². The molecular weight excluding hydrogens is 246 g/mol. The molecule has 1 aromatic carbocycles. The normalized spacial score (nSPS) is 25.8. The zero-order valence-electron chi connectivity index (χ0n) is 13.6. The van der Waals surface area contributed by atoms with Crippen LogP contribution in [0.3, 0.4) is 0 Å². The highest BCUT2D eigenvalue weighted by atomic mass is 16.5. The van der Waals surface area contributed by atoms with Crippen LogP contribution in [0.4, 0.5) is 0 Å². The number of rotatable bonds is 3. The van der Waals surface area contributed by atoms with Gasteiger partial charge in [-0.05, 0) is 60.8 Å². The molecule has 0 radical (unpaired) electrons.